The Bertz CT molecular complexity index is 518. The van der Waals surface area contributed by atoms with Gasteiger partial charge < -0.3 is 4.74 Å². The summed E-state index contributed by atoms with van der Waals surface area (Å²) in [5.41, 5.74) is 0.738. The topological polar surface area (TPSA) is 46.6 Å². The zero-order chi connectivity index (χ0) is 13.2. The lowest BCUT2D eigenvalue weighted by molar-refractivity contribution is 0.0780. The molecule has 100 valence electrons. The molecule has 4 nitrogen and oxygen atoms in total. The number of fused-ring (bicyclic) bond motifs is 1. The maximum absolute atomic E-state index is 12.4. The highest BCUT2D eigenvalue weighted by Gasteiger charge is 2.36. The van der Waals surface area contributed by atoms with E-state index in [4.69, 9.17) is 16.3 Å². The van der Waals surface area contributed by atoms with Crippen LogP contribution in [0.25, 0.3) is 0 Å². The molecule has 6 heteroatoms. The fourth-order valence-electron chi connectivity index (χ4n) is 2.15. The van der Waals surface area contributed by atoms with Crippen LogP contribution in [0.1, 0.15) is 18.1 Å². The Balaban J connectivity index is 2.42. The van der Waals surface area contributed by atoms with Gasteiger partial charge >= 0.3 is 0 Å². The monoisotopic (exact) mass is 289 g/mol. The number of sulfonamides is 1. The van der Waals surface area contributed by atoms with Crippen molar-refractivity contribution in [1.82, 2.24) is 4.31 Å². The van der Waals surface area contributed by atoms with Gasteiger partial charge in [-0.3, -0.25) is 0 Å². The summed E-state index contributed by atoms with van der Waals surface area (Å²) in [6.45, 7) is 0.784. The summed E-state index contributed by atoms with van der Waals surface area (Å²) < 4.78 is 31.6. The van der Waals surface area contributed by atoms with Crippen LogP contribution in [-0.4, -0.2) is 38.8 Å². The molecule has 0 amide bonds. The van der Waals surface area contributed by atoms with Crippen molar-refractivity contribution in [1.29, 1.82) is 0 Å². The van der Waals surface area contributed by atoms with E-state index in [2.05, 4.69) is 0 Å². The molecule has 1 aromatic rings. The SMILES string of the molecule is COC1CN(CCCCl)S(=O)(=O)c2ccccc21. The molecule has 1 unspecified atom stereocenters. The number of benzene rings is 1. The second-order valence-corrected chi connectivity index (χ2v) is 6.45. The summed E-state index contributed by atoms with van der Waals surface area (Å²) >= 11 is 5.63. The molecular formula is C12H16ClNO3S. The van der Waals surface area contributed by atoms with Gasteiger partial charge in [0.2, 0.25) is 10.0 Å². The molecule has 1 aliphatic heterocycles. The quantitative estimate of drug-likeness (QED) is 0.797. The maximum Gasteiger partial charge on any atom is 0.243 e. The summed E-state index contributed by atoms with van der Waals surface area (Å²) in [5.74, 6) is 0.450. The number of halogens is 1. The van der Waals surface area contributed by atoms with Crippen molar-refractivity contribution in [2.45, 2.75) is 17.4 Å². The van der Waals surface area contributed by atoms with Gasteiger partial charge in [-0.15, -0.1) is 11.6 Å². The largest absolute Gasteiger partial charge is 0.375 e. The smallest absolute Gasteiger partial charge is 0.243 e. The van der Waals surface area contributed by atoms with Crippen molar-refractivity contribution < 1.29 is 13.2 Å². The molecule has 0 saturated carbocycles. The first-order chi connectivity index (χ1) is 8.61. The van der Waals surface area contributed by atoms with E-state index < -0.39 is 10.0 Å². The van der Waals surface area contributed by atoms with Crippen LogP contribution in [0.4, 0.5) is 0 Å². The molecule has 1 aromatic carbocycles. The molecule has 0 saturated heterocycles. The van der Waals surface area contributed by atoms with Crippen molar-refractivity contribution in [3.8, 4) is 0 Å². The van der Waals surface area contributed by atoms with Crippen molar-refractivity contribution in [2.24, 2.45) is 0 Å². The molecule has 0 fully saturated rings. The van der Waals surface area contributed by atoms with Gasteiger partial charge in [0.25, 0.3) is 0 Å². The predicted molar refractivity (Wildman–Crippen MR) is 70.3 cm³/mol. The third-order valence-electron chi connectivity index (χ3n) is 3.08. The van der Waals surface area contributed by atoms with Gasteiger partial charge in [-0.2, -0.15) is 4.31 Å². The number of alkyl halides is 1. The van der Waals surface area contributed by atoms with Crippen LogP contribution in [0.15, 0.2) is 29.2 Å². The lowest BCUT2D eigenvalue weighted by Gasteiger charge is -2.33. The molecule has 0 spiro atoms. The minimum absolute atomic E-state index is 0.208. The molecule has 1 aliphatic rings. The van der Waals surface area contributed by atoms with Crippen LogP contribution in [0, 0.1) is 0 Å². The number of hydrogen-bond donors (Lipinski definition) is 0. The highest BCUT2D eigenvalue weighted by Crippen LogP contribution is 2.33. The van der Waals surface area contributed by atoms with Crippen LogP contribution in [-0.2, 0) is 14.8 Å². The van der Waals surface area contributed by atoms with Gasteiger partial charge in [0.1, 0.15) is 0 Å². The third kappa shape index (κ3) is 2.40. The maximum atomic E-state index is 12.4. The van der Waals surface area contributed by atoms with Crippen molar-refractivity contribution >= 4 is 21.6 Å². The standard InChI is InChI=1S/C12H16ClNO3S/c1-17-11-9-14(8-4-7-13)18(15,16)12-6-3-2-5-10(11)12/h2-3,5-6,11H,4,7-9H2,1H3. The minimum Gasteiger partial charge on any atom is -0.375 e. The number of rotatable bonds is 4. The van der Waals surface area contributed by atoms with Gasteiger partial charge in [-0.25, -0.2) is 8.42 Å². The summed E-state index contributed by atoms with van der Waals surface area (Å²) in [7, 11) is -1.81. The number of ether oxygens (including phenoxy) is 1. The molecule has 0 aliphatic carbocycles. The average molecular weight is 290 g/mol. The lowest BCUT2D eigenvalue weighted by Crippen LogP contribution is -2.40. The minimum atomic E-state index is -3.40. The Hall–Kier alpha value is -0.620. The lowest BCUT2D eigenvalue weighted by atomic mass is 10.1. The molecule has 2 rings (SSSR count). The van der Waals surface area contributed by atoms with E-state index >= 15 is 0 Å². The predicted octanol–water partition coefficient (Wildman–Crippen LogP) is 2.01. The summed E-state index contributed by atoms with van der Waals surface area (Å²) in [6.07, 6.45) is 0.430. The van der Waals surface area contributed by atoms with Gasteiger partial charge in [0, 0.05) is 31.6 Å². The molecule has 0 N–H and O–H groups in total. The molecule has 0 bridgehead atoms. The van der Waals surface area contributed by atoms with E-state index in [1.54, 1.807) is 25.3 Å². The highest BCUT2D eigenvalue weighted by atomic mass is 35.5. The molecule has 18 heavy (non-hydrogen) atoms. The van der Waals surface area contributed by atoms with Crippen molar-refractivity contribution in [2.75, 3.05) is 26.1 Å². The average Bonchev–Trinajstić information content (AvgIpc) is 2.38. The summed E-state index contributed by atoms with van der Waals surface area (Å²) in [6, 6.07) is 6.99. The van der Waals surface area contributed by atoms with Gasteiger partial charge in [-0.05, 0) is 12.5 Å². The summed E-state index contributed by atoms with van der Waals surface area (Å²) in [4.78, 5) is 0.345. The first kappa shape index (κ1) is 13.8. The first-order valence-electron chi connectivity index (χ1n) is 5.79. The number of nitrogens with zero attached hydrogens (tertiary/aromatic N) is 1. The van der Waals surface area contributed by atoms with Crippen LogP contribution >= 0.6 is 11.6 Å². The van der Waals surface area contributed by atoms with Crippen molar-refractivity contribution in [3.63, 3.8) is 0 Å². The Labute approximate surface area is 113 Å². The van der Waals surface area contributed by atoms with Gasteiger partial charge in [0.05, 0.1) is 11.0 Å². The van der Waals surface area contributed by atoms with E-state index in [0.29, 0.717) is 30.3 Å². The van der Waals surface area contributed by atoms with Gasteiger partial charge in [0.15, 0.2) is 0 Å². The van der Waals surface area contributed by atoms with Crippen molar-refractivity contribution in [3.05, 3.63) is 29.8 Å². The molecule has 1 atom stereocenters. The second-order valence-electron chi connectivity index (χ2n) is 4.17. The Morgan fingerprint density at radius 2 is 2.17 bits per heavy atom. The van der Waals surface area contributed by atoms with Crippen LogP contribution in [0.2, 0.25) is 0 Å². The van der Waals surface area contributed by atoms with E-state index in [1.807, 2.05) is 6.07 Å². The molecule has 0 radical (unpaired) electrons. The third-order valence-corrected chi connectivity index (χ3v) is 5.29. The fraction of sp³-hybridized carbons (Fsp3) is 0.500. The van der Waals surface area contributed by atoms with Gasteiger partial charge in [-0.1, -0.05) is 18.2 Å². The number of methoxy groups -OCH3 is 1. The number of hydrogen-bond acceptors (Lipinski definition) is 3. The van der Waals surface area contributed by atoms with Crippen LogP contribution < -0.4 is 0 Å². The molecular weight excluding hydrogens is 274 g/mol. The van der Waals surface area contributed by atoms with E-state index in [9.17, 15) is 8.42 Å². The summed E-state index contributed by atoms with van der Waals surface area (Å²) in [5, 5.41) is 0. The Morgan fingerprint density at radius 1 is 1.44 bits per heavy atom. The van der Waals surface area contributed by atoms with Crippen LogP contribution in [0.5, 0.6) is 0 Å². The van der Waals surface area contributed by atoms with Crippen LogP contribution in [0.3, 0.4) is 0 Å². The highest BCUT2D eigenvalue weighted by molar-refractivity contribution is 7.89. The molecule has 1 heterocycles. The molecule has 0 aromatic heterocycles. The first-order valence-corrected chi connectivity index (χ1v) is 7.76. The van der Waals surface area contributed by atoms with E-state index in [-0.39, 0.29) is 6.10 Å². The van der Waals surface area contributed by atoms with E-state index in [1.165, 1.54) is 4.31 Å². The second kappa shape index (κ2) is 5.57. The zero-order valence-electron chi connectivity index (χ0n) is 10.2. The Morgan fingerprint density at radius 3 is 2.83 bits per heavy atom. The fourth-order valence-corrected chi connectivity index (χ4v) is 4.00. The zero-order valence-corrected chi connectivity index (χ0v) is 11.7. The van der Waals surface area contributed by atoms with E-state index in [0.717, 1.165) is 5.56 Å². The normalized spacial score (nSPS) is 22.7. The Kier molecular flexibility index (Phi) is 4.27.